The number of piperidine rings is 1. The first kappa shape index (κ1) is 25.0. The van der Waals surface area contributed by atoms with Crippen LogP contribution in [0.2, 0.25) is 0 Å². The van der Waals surface area contributed by atoms with Crippen LogP contribution < -0.4 is 20.9 Å². The number of halogens is 4. The van der Waals surface area contributed by atoms with Gasteiger partial charge in [-0.15, -0.1) is 0 Å². The quantitative estimate of drug-likeness (QED) is 0.340. The lowest BCUT2D eigenvalue weighted by molar-refractivity contribution is -0.123. The summed E-state index contributed by atoms with van der Waals surface area (Å²) in [5, 5.41) is 5.85. The number of rotatable bonds is 5. The molecule has 3 heterocycles. The second kappa shape index (κ2) is 10.3. The van der Waals surface area contributed by atoms with Crippen molar-refractivity contribution in [3.63, 3.8) is 0 Å². The fraction of sp³-hybridized carbons (Fsp3) is 0.409. The molecule has 34 heavy (non-hydrogen) atoms. The summed E-state index contributed by atoms with van der Waals surface area (Å²) in [5.74, 6) is -0.255. The van der Waals surface area contributed by atoms with Crippen LogP contribution in [0, 0.1) is 11.7 Å². The zero-order chi connectivity index (χ0) is 24.5. The number of aromatic nitrogens is 1. The molecule has 2 bridgehead atoms. The highest BCUT2D eigenvalue weighted by molar-refractivity contribution is 7.80. The molecule has 0 saturated carbocycles. The van der Waals surface area contributed by atoms with E-state index in [0.717, 1.165) is 12.1 Å². The fourth-order valence-corrected chi connectivity index (χ4v) is 4.95. The molecular weight excluding hydrogens is 526 g/mol. The minimum absolute atomic E-state index is 0.00295. The lowest BCUT2D eigenvalue weighted by Gasteiger charge is -2.44. The Bertz CT molecular complexity index is 1130. The van der Waals surface area contributed by atoms with E-state index in [1.165, 1.54) is 24.3 Å². The van der Waals surface area contributed by atoms with Crippen molar-refractivity contribution in [2.75, 3.05) is 19.7 Å². The number of carbonyl (C=O) groups excluding carboxylic acids is 1. The molecule has 3 atom stereocenters. The Kier molecular flexibility index (Phi) is 7.57. The average molecular weight is 548 g/mol. The summed E-state index contributed by atoms with van der Waals surface area (Å²) in [6.45, 7) is 1.49. The standard InChI is InChI=1S/C22H22Cl3FN4O3S/c23-22(24,25)20(27-18(31)12-33-16-6-4-15(26)5-7-16)28-21(34)29-9-13-8-14(11-29)17-2-1-3-19(32)30(17)10-13/h1-7,13-14,20H,8-12H2,(H,27,31)(H,28,34)/t13-,14-,20?/m1/s1. The second-order valence-corrected chi connectivity index (χ2v) is 11.1. The monoisotopic (exact) mass is 546 g/mol. The largest absolute Gasteiger partial charge is 0.484 e. The zero-order valence-corrected chi connectivity index (χ0v) is 20.9. The molecule has 1 amide bonds. The summed E-state index contributed by atoms with van der Waals surface area (Å²) < 4.78 is 18.3. The molecule has 2 aliphatic rings. The highest BCUT2D eigenvalue weighted by atomic mass is 35.6. The lowest BCUT2D eigenvalue weighted by Crippen LogP contribution is -2.60. The van der Waals surface area contributed by atoms with E-state index in [0.29, 0.717) is 30.5 Å². The number of nitrogens with zero attached hydrogens (tertiary/aromatic N) is 2. The molecule has 2 aromatic rings. The van der Waals surface area contributed by atoms with E-state index in [1.807, 2.05) is 15.5 Å². The normalized spacial score (nSPS) is 20.2. The van der Waals surface area contributed by atoms with Crippen molar-refractivity contribution in [3.8, 4) is 5.75 Å². The predicted octanol–water partition coefficient (Wildman–Crippen LogP) is 3.17. The van der Waals surface area contributed by atoms with E-state index in [2.05, 4.69) is 10.6 Å². The predicted molar refractivity (Wildman–Crippen MR) is 133 cm³/mol. The topological polar surface area (TPSA) is 75.6 Å². The smallest absolute Gasteiger partial charge is 0.259 e. The van der Waals surface area contributed by atoms with Crippen LogP contribution in [-0.2, 0) is 11.3 Å². The van der Waals surface area contributed by atoms with Crippen LogP contribution in [0.25, 0.3) is 0 Å². The second-order valence-electron chi connectivity index (χ2n) is 8.34. The van der Waals surface area contributed by atoms with E-state index >= 15 is 0 Å². The van der Waals surface area contributed by atoms with Gasteiger partial charge in [-0.2, -0.15) is 0 Å². The van der Waals surface area contributed by atoms with Crippen LogP contribution in [0.15, 0.2) is 47.3 Å². The Balaban J connectivity index is 1.38. The molecule has 0 aliphatic carbocycles. The van der Waals surface area contributed by atoms with Crippen molar-refractivity contribution in [1.82, 2.24) is 20.1 Å². The number of pyridine rings is 1. The molecule has 7 nitrogen and oxygen atoms in total. The maximum absolute atomic E-state index is 13.0. The van der Waals surface area contributed by atoms with Gasteiger partial charge in [-0.05, 0) is 54.9 Å². The Morgan fingerprint density at radius 1 is 1.15 bits per heavy atom. The highest BCUT2D eigenvalue weighted by Crippen LogP contribution is 2.35. The van der Waals surface area contributed by atoms with E-state index < -0.39 is 21.7 Å². The number of likely N-dealkylation sites (tertiary alicyclic amines) is 1. The number of hydrogen-bond acceptors (Lipinski definition) is 4. The van der Waals surface area contributed by atoms with Crippen molar-refractivity contribution in [2.24, 2.45) is 5.92 Å². The summed E-state index contributed by atoms with van der Waals surface area (Å²) in [7, 11) is 0. The van der Waals surface area contributed by atoms with Crippen molar-refractivity contribution in [1.29, 1.82) is 0 Å². The van der Waals surface area contributed by atoms with E-state index in [4.69, 9.17) is 51.8 Å². The number of benzene rings is 1. The number of amides is 1. The number of fused-ring (bicyclic) bond motifs is 4. The molecule has 1 aromatic carbocycles. The number of ether oxygens (including phenoxy) is 1. The molecule has 1 saturated heterocycles. The maximum Gasteiger partial charge on any atom is 0.259 e. The molecule has 1 unspecified atom stereocenters. The zero-order valence-electron chi connectivity index (χ0n) is 17.8. The molecule has 2 aliphatic heterocycles. The SMILES string of the molecule is O=C(COc1ccc(F)cc1)NC(NC(=S)N1C[C@H]2C[C@H](C1)c1cccc(=O)n1C2)C(Cl)(Cl)Cl. The molecule has 1 fully saturated rings. The van der Waals surface area contributed by atoms with Crippen molar-refractivity contribution in [3.05, 3.63) is 64.3 Å². The third-order valence-corrected chi connectivity index (χ3v) is 6.88. The van der Waals surface area contributed by atoms with Crippen LogP contribution in [-0.4, -0.2) is 50.1 Å². The summed E-state index contributed by atoms with van der Waals surface area (Å²) in [4.78, 5) is 26.6. The van der Waals surface area contributed by atoms with Gasteiger partial charge in [-0.3, -0.25) is 9.59 Å². The van der Waals surface area contributed by atoms with Crippen LogP contribution in [0.4, 0.5) is 4.39 Å². The van der Waals surface area contributed by atoms with E-state index in [9.17, 15) is 14.0 Å². The van der Waals surface area contributed by atoms with Crippen LogP contribution >= 0.6 is 47.0 Å². The average Bonchev–Trinajstić information content (AvgIpc) is 2.78. The molecule has 0 radical (unpaired) electrons. The Morgan fingerprint density at radius 3 is 2.59 bits per heavy atom. The summed E-state index contributed by atoms with van der Waals surface area (Å²) >= 11 is 23.9. The van der Waals surface area contributed by atoms with Crippen LogP contribution in [0.1, 0.15) is 18.0 Å². The minimum atomic E-state index is -1.90. The van der Waals surface area contributed by atoms with Gasteiger partial charge in [-0.1, -0.05) is 40.9 Å². The Labute approximate surface area is 216 Å². The number of carbonyl (C=O) groups is 1. The van der Waals surface area contributed by atoms with Crippen LogP contribution in [0.5, 0.6) is 5.75 Å². The van der Waals surface area contributed by atoms with Gasteiger partial charge in [0.1, 0.15) is 17.7 Å². The van der Waals surface area contributed by atoms with Crippen molar-refractivity contribution >= 4 is 58.0 Å². The molecular formula is C22H22Cl3FN4O3S. The fourth-order valence-electron chi connectivity index (χ4n) is 4.36. The number of nitrogens with one attached hydrogen (secondary N) is 2. The molecule has 182 valence electrons. The van der Waals surface area contributed by atoms with Crippen molar-refractivity contribution < 1.29 is 13.9 Å². The van der Waals surface area contributed by atoms with Gasteiger partial charge in [0.15, 0.2) is 11.7 Å². The minimum Gasteiger partial charge on any atom is -0.484 e. The Morgan fingerprint density at radius 2 is 1.88 bits per heavy atom. The van der Waals surface area contributed by atoms with E-state index in [-0.39, 0.29) is 24.0 Å². The molecule has 1 aromatic heterocycles. The summed E-state index contributed by atoms with van der Waals surface area (Å²) in [6, 6.07) is 10.6. The number of hydrogen-bond donors (Lipinski definition) is 2. The van der Waals surface area contributed by atoms with Gasteiger partial charge in [0.05, 0.1) is 0 Å². The van der Waals surface area contributed by atoms with Crippen LogP contribution in [0.3, 0.4) is 0 Å². The molecule has 12 heteroatoms. The van der Waals surface area contributed by atoms with Gasteiger partial charge in [-0.25, -0.2) is 4.39 Å². The maximum atomic E-state index is 13.0. The summed E-state index contributed by atoms with van der Waals surface area (Å²) in [5.41, 5.74) is 0.989. The first-order chi connectivity index (χ1) is 16.1. The third-order valence-electron chi connectivity index (χ3n) is 5.85. The van der Waals surface area contributed by atoms with Gasteiger partial charge in [0.25, 0.3) is 11.5 Å². The van der Waals surface area contributed by atoms with Gasteiger partial charge in [0, 0.05) is 37.3 Å². The molecule has 4 rings (SSSR count). The third kappa shape index (κ3) is 5.94. The highest BCUT2D eigenvalue weighted by Gasteiger charge is 2.38. The first-order valence-corrected chi connectivity index (χ1v) is 12.1. The summed E-state index contributed by atoms with van der Waals surface area (Å²) in [6.07, 6.45) is -0.153. The van der Waals surface area contributed by atoms with E-state index in [1.54, 1.807) is 12.1 Å². The lowest BCUT2D eigenvalue weighted by atomic mass is 9.83. The van der Waals surface area contributed by atoms with Crippen molar-refractivity contribution in [2.45, 2.75) is 28.8 Å². The molecule has 2 N–H and O–H groups in total. The Hall–Kier alpha value is -2.07. The number of alkyl halides is 3. The van der Waals surface area contributed by atoms with Gasteiger partial charge >= 0.3 is 0 Å². The van der Waals surface area contributed by atoms with Gasteiger partial charge < -0.3 is 24.8 Å². The first-order valence-electron chi connectivity index (χ1n) is 10.6. The number of thiocarbonyl (C=S) groups is 1. The molecule has 0 spiro atoms. The van der Waals surface area contributed by atoms with Gasteiger partial charge in [0.2, 0.25) is 3.79 Å².